The Morgan fingerprint density at radius 1 is 1.47 bits per heavy atom. The number of aliphatic hydroxyl groups is 1. The molecule has 0 unspecified atom stereocenters. The molecule has 1 aliphatic carbocycles. The summed E-state index contributed by atoms with van der Waals surface area (Å²) in [5, 5.41) is 9.04. The standard InChI is InChI=1S/C15H21NO3/c1-12-4-2-7-14(10-12)19-11-15(18)16(8-9-17)13-5-3-6-13/h2,4,7,10,13,17H,3,5-6,8-9,11H2,1H3. The molecule has 1 N–H and O–H groups in total. The van der Waals surface area contributed by atoms with Crippen molar-refractivity contribution in [1.82, 2.24) is 4.90 Å². The maximum Gasteiger partial charge on any atom is 0.260 e. The zero-order valence-corrected chi connectivity index (χ0v) is 11.3. The summed E-state index contributed by atoms with van der Waals surface area (Å²) in [6, 6.07) is 7.95. The van der Waals surface area contributed by atoms with Crippen LogP contribution in [0.1, 0.15) is 24.8 Å². The molecule has 19 heavy (non-hydrogen) atoms. The molecule has 0 atom stereocenters. The monoisotopic (exact) mass is 263 g/mol. The highest BCUT2D eigenvalue weighted by Crippen LogP contribution is 2.24. The van der Waals surface area contributed by atoms with Gasteiger partial charge in [0.05, 0.1) is 6.61 Å². The molecular formula is C15H21NO3. The zero-order valence-electron chi connectivity index (χ0n) is 11.3. The van der Waals surface area contributed by atoms with Crippen molar-refractivity contribution in [3.63, 3.8) is 0 Å². The predicted octanol–water partition coefficient (Wildman–Crippen LogP) is 1.75. The average molecular weight is 263 g/mol. The van der Waals surface area contributed by atoms with Gasteiger partial charge < -0.3 is 14.7 Å². The smallest absolute Gasteiger partial charge is 0.260 e. The van der Waals surface area contributed by atoms with Gasteiger partial charge in [0.2, 0.25) is 0 Å². The van der Waals surface area contributed by atoms with E-state index in [1.807, 2.05) is 31.2 Å². The number of carbonyl (C=O) groups is 1. The van der Waals surface area contributed by atoms with Crippen molar-refractivity contribution in [2.45, 2.75) is 32.2 Å². The van der Waals surface area contributed by atoms with Crippen molar-refractivity contribution in [1.29, 1.82) is 0 Å². The van der Waals surface area contributed by atoms with Gasteiger partial charge >= 0.3 is 0 Å². The fourth-order valence-corrected chi connectivity index (χ4v) is 2.25. The number of hydrogen-bond acceptors (Lipinski definition) is 3. The summed E-state index contributed by atoms with van der Waals surface area (Å²) in [4.78, 5) is 13.9. The Kier molecular flexibility index (Phi) is 4.80. The van der Waals surface area contributed by atoms with Crippen LogP contribution in [-0.2, 0) is 4.79 Å². The van der Waals surface area contributed by atoms with Crippen LogP contribution in [0.5, 0.6) is 5.75 Å². The molecule has 1 aromatic carbocycles. The lowest BCUT2D eigenvalue weighted by Crippen LogP contribution is -2.47. The van der Waals surface area contributed by atoms with Gasteiger partial charge in [0.15, 0.2) is 6.61 Å². The molecule has 4 nitrogen and oxygen atoms in total. The first-order chi connectivity index (χ1) is 9.20. The molecule has 2 rings (SSSR count). The molecule has 1 fully saturated rings. The first kappa shape index (κ1) is 13.9. The van der Waals surface area contributed by atoms with Crippen LogP contribution in [0.15, 0.2) is 24.3 Å². The maximum atomic E-state index is 12.1. The van der Waals surface area contributed by atoms with Crippen molar-refractivity contribution in [2.24, 2.45) is 0 Å². The van der Waals surface area contributed by atoms with E-state index in [9.17, 15) is 4.79 Å². The van der Waals surface area contributed by atoms with Gasteiger partial charge in [-0.05, 0) is 43.9 Å². The Morgan fingerprint density at radius 3 is 2.84 bits per heavy atom. The van der Waals surface area contributed by atoms with Crippen LogP contribution in [0, 0.1) is 6.92 Å². The van der Waals surface area contributed by atoms with Crippen molar-refractivity contribution in [3.8, 4) is 5.75 Å². The lowest BCUT2D eigenvalue weighted by molar-refractivity contribution is -0.138. The van der Waals surface area contributed by atoms with Crippen molar-refractivity contribution >= 4 is 5.91 Å². The van der Waals surface area contributed by atoms with Crippen LogP contribution in [0.2, 0.25) is 0 Å². The summed E-state index contributed by atoms with van der Waals surface area (Å²) in [5.41, 5.74) is 1.11. The number of aryl methyl sites for hydroxylation is 1. The van der Waals surface area contributed by atoms with E-state index in [2.05, 4.69) is 0 Å². The van der Waals surface area contributed by atoms with Gasteiger partial charge in [0.1, 0.15) is 5.75 Å². The van der Waals surface area contributed by atoms with E-state index >= 15 is 0 Å². The number of carbonyl (C=O) groups excluding carboxylic acids is 1. The number of nitrogens with zero attached hydrogens (tertiary/aromatic N) is 1. The molecule has 4 heteroatoms. The minimum Gasteiger partial charge on any atom is -0.484 e. The minimum absolute atomic E-state index is 0.00663. The first-order valence-corrected chi connectivity index (χ1v) is 6.80. The second kappa shape index (κ2) is 6.57. The third kappa shape index (κ3) is 3.70. The van der Waals surface area contributed by atoms with Crippen LogP contribution in [0.3, 0.4) is 0 Å². The van der Waals surface area contributed by atoms with Gasteiger partial charge in [-0.3, -0.25) is 4.79 Å². The number of ether oxygens (including phenoxy) is 1. The van der Waals surface area contributed by atoms with E-state index in [-0.39, 0.29) is 19.1 Å². The van der Waals surface area contributed by atoms with E-state index in [0.717, 1.165) is 18.4 Å². The van der Waals surface area contributed by atoms with E-state index in [0.29, 0.717) is 18.3 Å². The largest absolute Gasteiger partial charge is 0.484 e. The van der Waals surface area contributed by atoms with Crippen LogP contribution < -0.4 is 4.74 Å². The number of hydrogen-bond donors (Lipinski definition) is 1. The number of benzene rings is 1. The summed E-state index contributed by atoms with van der Waals surface area (Å²) in [5.74, 6) is 0.672. The molecule has 0 saturated heterocycles. The average Bonchev–Trinajstić information content (AvgIpc) is 2.33. The van der Waals surface area contributed by atoms with Crippen LogP contribution in [-0.4, -0.2) is 41.7 Å². The SMILES string of the molecule is Cc1cccc(OCC(=O)N(CCO)C2CCC2)c1. The number of rotatable bonds is 6. The Balaban J connectivity index is 1.88. The first-order valence-electron chi connectivity index (χ1n) is 6.80. The Bertz CT molecular complexity index is 429. The quantitative estimate of drug-likeness (QED) is 0.850. The molecular weight excluding hydrogens is 242 g/mol. The molecule has 0 heterocycles. The molecule has 1 saturated carbocycles. The lowest BCUT2D eigenvalue weighted by atomic mass is 9.91. The molecule has 0 spiro atoms. The van der Waals surface area contributed by atoms with Crippen LogP contribution >= 0.6 is 0 Å². The molecule has 0 radical (unpaired) electrons. The van der Waals surface area contributed by atoms with Crippen LogP contribution in [0.4, 0.5) is 0 Å². The van der Waals surface area contributed by atoms with Crippen molar-refractivity contribution < 1.29 is 14.6 Å². The highest BCUT2D eigenvalue weighted by Gasteiger charge is 2.28. The Hall–Kier alpha value is -1.55. The van der Waals surface area contributed by atoms with Gasteiger partial charge in [-0.25, -0.2) is 0 Å². The summed E-state index contributed by atoms with van der Waals surface area (Å²) in [7, 11) is 0. The van der Waals surface area contributed by atoms with Crippen molar-refractivity contribution in [2.75, 3.05) is 19.8 Å². The molecule has 1 amide bonds. The molecule has 1 aromatic rings. The Morgan fingerprint density at radius 2 is 2.26 bits per heavy atom. The summed E-state index contributed by atoms with van der Waals surface area (Å²) in [6.45, 7) is 2.44. The maximum absolute atomic E-state index is 12.1. The third-order valence-corrected chi connectivity index (χ3v) is 3.53. The Labute approximate surface area is 114 Å². The molecule has 0 bridgehead atoms. The van der Waals surface area contributed by atoms with Gasteiger partial charge in [0, 0.05) is 12.6 Å². The highest BCUT2D eigenvalue weighted by atomic mass is 16.5. The molecule has 0 aliphatic heterocycles. The predicted molar refractivity (Wildman–Crippen MR) is 73.1 cm³/mol. The van der Waals surface area contributed by atoms with E-state index in [1.165, 1.54) is 6.42 Å². The second-order valence-corrected chi connectivity index (χ2v) is 5.00. The third-order valence-electron chi connectivity index (χ3n) is 3.53. The van der Waals surface area contributed by atoms with Gasteiger partial charge in [-0.2, -0.15) is 0 Å². The molecule has 1 aliphatic rings. The van der Waals surface area contributed by atoms with Crippen molar-refractivity contribution in [3.05, 3.63) is 29.8 Å². The van der Waals surface area contributed by atoms with E-state index < -0.39 is 0 Å². The highest BCUT2D eigenvalue weighted by molar-refractivity contribution is 5.78. The number of amides is 1. The van der Waals surface area contributed by atoms with Gasteiger partial charge in [-0.15, -0.1) is 0 Å². The van der Waals surface area contributed by atoms with E-state index in [1.54, 1.807) is 4.90 Å². The van der Waals surface area contributed by atoms with Gasteiger partial charge in [0.25, 0.3) is 5.91 Å². The summed E-state index contributed by atoms with van der Waals surface area (Å²) in [6.07, 6.45) is 3.24. The topological polar surface area (TPSA) is 49.8 Å². The normalized spacial score (nSPS) is 14.8. The fourth-order valence-electron chi connectivity index (χ4n) is 2.25. The zero-order chi connectivity index (χ0) is 13.7. The summed E-state index contributed by atoms with van der Waals surface area (Å²) < 4.78 is 5.52. The fraction of sp³-hybridized carbons (Fsp3) is 0.533. The second-order valence-electron chi connectivity index (χ2n) is 5.00. The van der Waals surface area contributed by atoms with Gasteiger partial charge in [-0.1, -0.05) is 12.1 Å². The lowest BCUT2D eigenvalue weighted by Gasteiger charge is -2.37. The van der Waals surface area contributed by atoms with Crippen LogP contribution in [0.25, 0.3) is 0 Å². The molecule has 104 valence electrons. The minimum atomic E-state index is -0.0414. The number of aliphatic hydroxyl groups excluding tert-OH is 1. The molecule has 0 aromatic heterocycles. The summed E-state index contributed by atoms with van der Waals surface area (Å²) >= 11 is 0. The van der Waals surface area contributed by atoms with E-state index in [4.69, 9.17) is 9.84 Å².